The van der Waals surface area contributed by atoms with Gasteiger partial charge in [-0.2, -0.15) is 0 Å². The van der Waals surface area contributed by atoms with E-state index in [1.165, 1.54) is 25.7 Å². The van der Waals surface area contributed by atoms with E-state index in [2.05, 4.69) is 17.2 Å². The molecule has 1 saturated carbocycles. The van der Waals surface area contributed by atoms with Crippen LogP contribution in [-0.2, 0) is 0 Å². The Kier molecular flexibility index (Phi) is 4.86. The zero-order chi connectivity index (χ0) is 15.5. The predicted molar refractivity (Wildman–Crippen MR) is 85.0 cm³/mol. The van der Waals surface area contributed by atoms with Crippen LogP contribution in [0.2, 0.25) is 0 Å². The van der Waals surface area contributed by atoms with Gasteiger partial charge < -0.3 is 10.4 Å². The van der Waals surface area contributed by atoms with E-state index in [0.29, 0.717) is 16.8 Å². The Bertz CT molecular complexity index is 506. The quantitative estimate of drug-likeness (QED) is 0.820. The van der Waals surface area contributed by atoms with Gasteiger partial charge in [0.15, 0.2) is 0 Å². The van der Waals surface area contributed by atoms with Crippen molar-refractivity contribution < 1.29 is 9.90 Å². The third-order valence-corrected chi connectivity index (χ3v) is 4.74. The Hall–Kier alpha value is -1.58. The third-order valence-electron chi connectivity index (χ3n) is 4.74. The fraction of sp³-hybridized carbons (Fsp3) is 0.647. The molecule has 0 radical (unpaired) electrons. The lowest BCUT2D eigenvalue weighted by molar-refractivity contribution is 0.0696. The number of carbonyl (C=O) groups is 1. The topological polar surface area (TPSA) is 62.2 Å². The summed E-state index contributed by atoms with van der Waals surface area (Å²) in [6, 6.07) is 3.32. The fourth-order valence-corrected chi connectivity index (χ4v) is 3.12. The van der Waals surface area contributed by atoms with Crippen molar-refractivity contribution in [3.05, 3.63) is 23.4 Å². The molecule has 1 aromatic heterocycles. The summed E-state index contributed by atoms with van der Waals surface area (Å²) in [6.07, 6.45) is 6.28. The number of carboxylic acid groups (broad SMARTS) is 1. The summed E-state index contributed by atoms with van der Waals surface area (Å²) < 4.78 is 0. The van der Waals surface area contributed by atoms with Crippen molar-refractivity contribution in [3.63, 3.8) is 0 Å². The average Bonchev–Trinajstić information content (AvgIpc) is 2.94. The Balaban J connectivity index is 2.17. The number of pyridine rings is 1. The van der Waals surface area contributed by atoms with Crippen molar-refractivity contribution in [2.24, 2.45) is 5.41 Å². The van der Waals surface area contributed by atoms with Crippen molar-refractivity contribution in [2.45, 2.75) is 58.8 Å². The minimum atomic E-state index is -0.895. The van der Waals surface area contributed by atoms with Crippen LogP contribution in [0.4, 0.5) is 5.82 Å². The fourth-order valence-electron chi connectivity index (χ4n) is 3.12. The van der Waals surface area contributed by atoms with E-state index >= 15 is 0 Å². The Labute approximate surface area is 127 Å². The van der Waals surface area contributed by atoms with E-state index in [1.54, 1.807) is 12.1 Å². The third kappa shape index (κ3) is 3.74. The Morgan fingerprint density at radius 2 is 2.05 bits per heavy atom. The van der Waals surface area contributed by atoms with Gasteiger partial charge in [0.05, 0.1) is 5.56 Å². The van der Waals surface area contributed by atoms with Crippen molar-refractivity contribution in [2.75, 3.05) is 11.9 Å². The van der Waals surface area contributed by atoms with Crippen LogP contribution in [0.25, 0.3) is 0 Å². The summed E-state index contributed by atoms with van der Waals surface area (Å²) >= 11 is 0. The van der Waals surface area contributed by atoms with Gasteiger partial charge in [-0.05, 0) is 42.7 Å². The Morgan fingerprint density at radius 1 is 1.38 bits per heavy atom. The largest absolute Gasteiger partial charge is 0.478 e. The van der Waals surface area contributed by atoms with E-state index < -0.39 is 5.97 Å². The van der Waals surface area contributed by atoms with Gasteiger partial charge in [-0.15, -0.1) is 0 Å². The molecule has 2 rings (SSSR count). The van der Waals surface area contributed by atoms with E-state index in [1.807, 2.05) is 13.8 Å². The molecule has 4 heteroatoms. The first-order valence-electron chi connectivity index (χ1n) is 7.95. The molecule has 21 heavy (non-hydrogen) atoms. The number of anilines is 1. The van der Waals surface area contributed by atoms with Crippen molar-refractivity contribution in [1.82, 2.24) is 4.98 Å². The van der Waals surface area contributed by atoms with Crippen molar-refractivity contribution in [1.29, 1.82) is 0 Å². The molecule has 4 nitrogen and oxygen atoms in total. The molecule has 2 N–H and O–H groups in total. The minimum absolute atomic E-state index is 0.219. The van der Waals surface area contributed by atoms with Gasteiger partial charge in [0.2, 0.25) is 0 Å². The minimum Gasteiger partial charge on any atom is -0.478 e. The van der Waals surface area contributed by atoms with E-state index in [4.69, 9.17) is 0 Å². The van der Waals surface area contributed by atoms with Crippen LogP contribution in [0.5, 0.6) is 0 Å². The van der Waals surface area contributed by atoms with E-state index in [0.717, 1.165) is 18.7 Å². The van der Waals surface area contributed by atoms with Crippen LogP contribution >= 0.6 is 0 Å². The standard InChI is InChI=1S/C17H26N2O2/c1-4-17(7-5-6-8-17)11-18-15-10-13(16(20)21)9-14(19-15)12(2)3/h9-10,12H,4-8,11H2,1-3H3,(H,18,19)(H,20,21). The lowest BCUT2D eigenvalue weighted by Crippen LogP contribution is -2.26. The highest BCUT2D eigenvalue weighted by atomic mass is 16.4. The highest BCUT2D eigenvalue weighted by molar-refractivity contribution is 5.88. The van der Waals surface area contributed by atoms with Crippen LogP contribution in [0.15, 0.2) is 12.1 Å². The molecule has 0 bridgehead atoms. The predicted octanol–water partition coefficient (Wildman–Crippen LogP) is 4.29. The van der Waals surface area contributed by atoms with Crippen LogP contribution in [-0.4, -0.2) is 22.6 Å². The molecule has 1 aromatic rings. The summed E-state index contributed by atoms with van der Waals surface area (Å²) in [7, 11) is 0. The van der Waals surface area contributed by atoms with Gasteiger partial charge in [-0.25, -0.2) is 9.78 Å². The molecule has 0 unspecified atom stereocenters. The molecule has 116 valence electrons. The smallest absolute Gasteiger partial charge is 0.335 e. The number of hydrogen-bond donors (Lipinski definition) is 2. The number of nitrogens with zero attached hydrogens (tertiary/aromatic N) is 1. The molecular formula is C17H26N2O2. The molecular weight excluding hydrogens is 264 g/mol. The van der Waals surface area contributed by atoms with Gasteiger partial charge in [0.25, 0.3) is 0 Å². The lowest BCUT2D eigenvalue weighted by Gasteiger charge is -2.28. The molecule has 1 aliphatic carbocycles. The number of carboxylic acids is 1. The van der Waals surface area contributed by atoms with Crippen molar-refractivity contribution >= 4 is 11.8 Å². The zero-order valence-corrected chi connectivity index (χ0v) is 13.3. The normalized spacial score (nSPS) is 17.1. The highest BCUT2D eigenvalue weighted by Crippen LogP contribution is 2.40. The molecule has 1 aliphatic rings. The van der Waals surface area contributed by atoms with Gasteiger partial charge in [0, 0.05) is 12.2 Å². The zero-order valence-electron chi connectivity index (χ0n) is 13.3. The number of aromatic nitrogens is 1. The Morgan fingerprint density at radius 3 is 2.57 bits per heavy atom. The van der Waals surface area contributed by atoms with Crippen molar-refractivity contribution in [3.8, 4) is 0 Å². The number of rotatable bonds is 6. The molecule has 0 aromatic carbocycles. The van der Waals surface area contributed by atoms with Crippen LogP contribution < -0.4 is 5.32 Å². The summed E-state index contributed by atoms with van der Waals surface area (Å²) in [6.45, 7) is 7.19. The van der Waals surface area contributed by atoms with Crippen LogP contribution in [0, 0.1) is 5.41 Å². The number of aromatic carboxylic acids is 1. The van der Waals surface area contributed by atoms with Gasteiger partial charge in [-0.3, -0.25) is 0 Å². The number of hydrogen-bond acceptors (Lipinski definition) is 3. The summed E-state index contributed by atoms with van der Waals surface area (Å²) in [4.78, 5) is 15.8. The molecule has 0 saturated heterocycles. The van der Waals surface area contributed by atoms with E-state index in [-0.39, 0.29) is 5.92 Å². The van der Waals surface area contributed by atoms with Gasteiger partial charge in [0.1, 0.15) is 5.82 Å². The first-order chi connectivity index (χ1) is 9.96. The molecule has 0 amide bonds. The summed E-state index contributed by atoms with van der Waals surface area (Å²) in [5, 5.41) is 12.6. The monoisotopic (exact) mass is 290 g/mol. The second kappa shape index (κ2) is 6.46. The SMILES string of the molecule is CCC1(CNc2cc(C(=O)O)cc(C(C)C)n2)CCCC1. The first kappa shape index (κ1) is 15.8. The lowest BCUT2D eigenvalue weighted by atomic mass is 9.83. The maximum atomic E-state index is 11.3. The van der Waals surface area contributed by atoms with Gasteiger partial charge in [-0.1, -0.05) is 33.6 Å². The molecule has 1 heterocycles. The van der Waals surface area contributed by atoms with Gasteiger partial charge >= 0.3 is 5.97 Å². The highest BCUT2D eigenvalue weighted by Gasteiger charge is 2.31. The maximum Gasteiger partial charge on any atom is 0.335 e. The summed E-state index contributed by atoms with van der Waals surface area (Å²) in [5.41, 5.74) is 1.50. The maximum absolute atomic E-state index is 11.3. The first-order valence-corrected chi connectivity index (χ1v) is 7.95. The molecule has 0 atom stereocenters. The van der Waals surface area contributed by atoms with E-state index in [9.17, 15) is 9.90 Å². The average molecular weight is 290 g/mol. The molecule has 1 fully saturated rings. The molecule has 0 spiro atoms. The molecule has 0 aliphatic heterocycles. The second-order valence-corrected chi connectivity index (χ2v) is 6.54. The van der Waals surface area contributed by atoms with Crippen LogP contribution in [0.3, 0.4) is 0 Å². The summed E-state index contributed by atoms with van der Waals surface area (Å²) in [5.74, 6) is 0.0169. The number of nitrogens with one attached hydrogen (secondary N) is 1. The second-order valence-electron chi connectivity index (χ2n) is 6.54. The van der Waals surface area contributed by atoms with Crippen LogP contribution in [0.1, 0.15) is 74.8 Å².